The third-order valence-corrected chi connectivity index (χ3v) is 5.03. The van der Waals surface area contributed by atoms with E-state index in [1.807, 2.05) is 30.3 Å². The maximum absolute atomic E-state index is 10.9. The average Bonchev–Trinajstić information content (AvgIpc) is 2.47. The summed E-state index contributed by atoms with van der Waals surface area (Å²) in [6.45, 7) is 1.29. The molecule has 8 heteroatoms. The fraction of sp³-hybridized carbons (Fsp3) is 0.133. The first-order chi connectivity index (χ1) is 10.7. The predicted molar refractivity (Wildman–Crippen MR) is 88.9 cm³/mol. The van der Waals surface area contributed by atoms with E-state index in [2.05, 4.69) is 5.32 Å². The van der Waals surface area contributed by atoms with Gasteiger partial charge in [0.25, 0.3) is 0 Å². The molecule has 6 nitrogen and oxygen atoms in total. The van der Waals surface area contributed by atoms with Crippen molar-refractivity contribution in [1.82, 2.24) is 0 Å². The molecule has 0 aliphatic heterocycles. The molecule has 0 bridgehead atoms. The Bertz CT molecular complexity index is 702. The van der Waals surface area contributed by atoms with Gasteiger partial charge in [-0.25, -0.2) is 0 Å². The van der Waals surface area contributed by atoms with Crippen LogP contribution in [0.25, 0.3) is 0 Å². The molecule has 0 fully saturated rings. The first-order valence-electron chi connectivity index (χ1n) is 6.50. The van der Waals surface area contributed by atoms with E-state index in [9.17, 15) is 13.6 Å². The van der Waals surface area contributed by atoms with Crippen molar-refractivity contribution in [3.05, 3.63) is 54.1 Å². The first kappa shape index (κ1) is 19.3. The molecule has 0 atom stereocenters. The van der Waals surface area contributed by atoms with Crippen molar-refractivity contribution in [1.29, 1.82) is 0 Å². The van der Waals surface area contributed by atoms with Gasteiger partial charge in [0.2, 0.25) is 0 Å². The van der Waals surface area contributed by atoms with Crippen molar-refractivity contribution in [2.24, 2.45) is 0 Å². The zero-order valence-electron chi connectivity index (χ0n) is 12.3. The Balaban J connectivity index is 0.000000277. The smallest absolute Gasteiger partial charge is 0.0474 e. The third kappa shape index (κ3) is 6.93. The molecule has 1 amide bonds. The van der Waals surface area contributed by atoms with Crippen molar-refractivity contribution < 1.29 is 21.8 Å². The normalized spacial score (nSPS) is 10.4. The molecule has 0 aromatic heterocycles. The second-order valence-electron chi connectivity index (χ2n) is 4.55. The van der Waals surface area contributed by atoms with Gasteiger partial charge >= 0.3 is 88.1 Å². The van der Waals surface area contributed by atoms with Gasteiger partial charge in [-0.1, -0.05) is 30.3 Å². The Hall–Kier alpha value is -1.72. The number of carbonyl (C=O) groups excluding carboxylic acids is 1. The third-order valence-electron chi connectivity index (χ3n) is 2.61. The van der Waals surface area contributed by atoms with E-state index in [1.165, 1.54) is 18.6 Å². The second kappa shape index (κ2) is 8.79. The summed E-state index contributed by atoms with van der Waals surface area (Å²) < 4.78 is 28.2. The molecule has 0 spiro atoms. The summed E-state index contributed by atoms with van der Waals surface area (Å²) in [7, 11) is 0. The molecule has 0 aliphatic rings. The number of amides is 1. The number of aromatic hydroxyl groups is 1. The summed E-state index contributed by atoms with van der Waals surface area (Å²) in [6, 6.07) is 13.5. The first-order valence-corrected chi connectivity index (χ1v) is 10.4. The van der Waals surface area contributed by atoms with E-state index in [0.717, 1.165) is 12.1 Å². The molecule has 0 unspecified atom stereocenters. The SMILES string of the molecule is CC(=O)Nc1ccc([As](=O)(O)O)c(O)c1.ClCc1ccccc1. The number of halogens is 1. The molecule has 4 N–H and O–H groups in total. The fourth-order valence-electron chi connectivity index (χ4n) is 1.62. The Labute approximate surface area is 141 Å². The van der Waals surface area contributed by atoms with E-state index in [4.69, 9.17) is 19.8 Å². The molecule has 2 rings (SSSR count). The van der Waals surface area contributed by atoms with Crippen LogP contribution in [0.1, 0.15) is 12.5 Å². The van der Waals surface area contributed by atoms with Gasteiger partial charge in [-0.15, -0.1) is 11.6 Å². The van der Waals surface area contributed by atoms with Crippen LogP contribution in [0.5, 0.6) is 5.75 Å². The minimum absolute atomic E-state index is 0.285. The van der Waals surface area contributed by atoms with Gasteiger partial charge in [-0.3, -0.25) is 0 Å². The summed E-state index contributed by atoms with van der Waals surface area (Å²) >= 11 is 0.440. The molecule has 2 aromatic carbocycles. The van der Waals surface area contributed by atoms with Crippen LogP contribution >= 0.6 is 11.6 Å². The number of nitrogens with one attached hydrogen (secondary N) is 1. The van der Waals surface area contributed by atoms with E-state index in [0.29, 0.717) is 5.88 Å². The molecule has 0 radical (unpaired) electrons. The van der Waals surface area contributed by atoms with Crippen LogP contribution in [0, 0.1) is 0 Å². The van der Waals surface area contributed by atoms with E-state index >= 15 is 0 Å². The zero-order chi connectivity index (χ0) is 17.5. The quantitative estimate of drug-likeness (QED) is 0.459. The van der Waals surface area contributed by atoms with Gasteiger partial charge in [-0.05, 0) is 5.56 Å². The Morgan fingerprint density at radius 3 is 2.17 bits per heavy atom. The van der Waals surface area contributed by atoms with Crippen LogP contribution in [-0.2, 0) is 14.4 Å². The van der Waals surface area contributed by atoms with Gasteiger partial charge < -0.3 is 0 Å². The second-order valence-corrected chi connectivity index (χ2v) is 8.11. The number of alkyl halides is 1. The largest absolute Gasteiger partial charge is 0.122 e. The fourth-order valence-corrected chi connectivity index (χ4v) is 3.12. The summed E-state index contributed by atoms with van der Waals surface area (Å²) in [5.41, 5.74) is 1.46. The number of rotatable bonds is 3. The molecule has 0 saturated heterocycles. The van der Waals surface area contributed by atoms with Crippen molar-refractivity contribution in [2.75, 3.05) is 5.32 Å². The number of phenols is 1. The topological polar surface area (TPSA) is 107 Å². The van der Waals surface area contributed by atoms with Crippen molar-refractivity contribution >= 4 is 41.7 Å². The predicted octanol–water partition coefficient (Wildman–Crippen LogP) is 1.34. The average molecular weight is 402 g/mol. The maximum atomic E-state index is 10.9. The number of hydrogen-bond donors (Lipinski definition) is 4. The van der Waals surface area contributed by atoms with E-state index in [-0.39, 0.29) is 11.6 Å². The molecule has 0 saturated carbocycles. The maximum Gasteiger partial charge on any atom is 0.0474 e. The van der Waals surface area contributed by atoms with Gasteiger partial charge in [0.05, 0.1) is 0 Å². The summed E-state index contributed by atoms with van der Waals surface area (Å²) in [5, 5.41) is 11.7. The van der Waals surface area contributed by atoms with Crippen LogP contribution in [-0.4, -0.2) is 33.4 Å². The molecule has 124 valence electrons. The van der Waals surface area contributed by atoms with Crippen molar-refractivity contribution in [2.45, 2.75) is 12.8 Å². The zero-order valence-corrected chi connectivity index (χ0v) is 14.9. The van der Waals surface area contributed by atoms with Gasteiger partial charge in [0.1, 0.15) is 0 Å². The van der Waals surface area contributed by atoms with Crippen LogP contribution in [0.15, 0.2) is 48.5 Å². The molecular formula is C15H17AsClNO5. The summed E-state index contributed by atoms with van der Waals surface area (Å²) in [4.78, 5) is 10.7. The molecule has 2 aromatic rings. The Morgan fingerprint density at radius 1 is 1.17 bits per heavy atom. The van der Waals surface area contributed by atoms with Crippen LogP contribution in [0.4, 0.5) is 5.69 Å². The molecule has 23 heavy (non-hydrogen) atoms. The monoisotopic (exact) mass is 401 g/mol. The number of hydrogen-bond acceptors (Lipinski definition) is 3. The Morgan fingerprint density at radius 2 is 1.78 bits per heavy atom. The minimum Gasteiger partial charge on any atom is -0.122 e. The van der Waals surface area contributed by atoms with Gasteiger partial charge in [-0.2, -0.15) is 0 Å². The number of carbonyl (C=O) groups is 1. The van der Waals surface area contributed by atoms with E-state index < -0.39 is 24.3 Å². The van der Waals surface area contributed by atoms with Gasteiger partial charge in [0, 0.05) is 5.88 Å². The van der Waals surface area contributed by atoms with E-state index in [1.54, 1.807) is 0 Å². The van der Waals surface area contributed by atoms with Crippen LogP contribution in [0.3, 0.4) is 0 Å². The standard InChI is InChI=1S/C8H10AsNO5.C7H7Cl/c1-5(11)10-6-2-3-7(8(12)4-6)9(13,14)15;8-6-7-4-2-1-3-5-7/h2-4,12H,1H3,(H,10,11)(H2,13,14,15);1-5H,6H2. The van der Waals surface area contributed by atoms with Crippen molar-refractivity contribution in [3.8, 4) is 5.75 Å². The van der Waals surface area contributed by atoms with Gasteiger partial charge in [0.15, 0.2) is 0 Å². The number of benzene rings is 2. The Kier molecular flexibility index (Phi) is 7.39. The summed E-state index contributed by atoms with van der Waals surface area (Å²) in [5.74, 6) is -0.238. The minimum atomic E-state index is -5.09. The molecule has 0 heterocycles. The van der Waals surface area contributed by atoms with Crippen LogP contribution in [0.2, 0.25) is 0 Å². The number of anilines is 1. The van der Waals surface area contributed by atoms with Crippen molar-refractivity contribution in [3.63, 3.8) is 0 Å². The molecular weight excluding hydrogens is 385 g/mol. The van der Waals surface area contributed by atoms with Crippen LogP contribution < -0.4 is 9.67 Å². The summed E-state index contributed by atoms with van der Waals surface area (Å²) in [6.07, 6.45) is 0. The number of phenolic OH excluding ortho intramolecular Hbond substituents is 1. The molecule has 0 aliphatic carbocycles.